The van der Waals surface area contributed by atoms with Gasteiger partial charge >= 0.3 is 0 Å². The summed E-state index contributed by atoms with van der Waals surface area (Å²) in [5.41, 5.74) is 6.38. The molecule has 0 atom stereocenters. The number of hydrogen-bond donors (Lipinski definition) is 0. The van der Waals surface area contributed by atoms with Crippen molar-refractivity contribution in [1.82, 2.24) is 9.55 Å². The van der Waals surface area contributed by atoms with Crippen molar-refractivity contribution in [2.24, 2.45) is 0 Å². The van der Waals surface area contributed by atoms with Crippen molar-refractivity contribution < 1.29 is 0 Å². The topological polar surface area (TPSA) is 17.8 Å². The highest BCUT2D eigenvalue weighted by Gasteiger charge is 2.18. The number of aromatic nitrogens is 2. The molecule has 1 heterocycles. The molecular formula is C18H17ClN2. The zero-order valence-corrected chi connectivity index (χ0v) is 12.6. The van der Waals surface area contributed by atoms with Gasteiger partial charge in [0, 0.05) is 0 Å². The Hall–Kier alpha value is -1.80. The van der Waals surface area contributed by atoms with Crippen molar-refractivity contribution in [1.29, 1.82) is 0 Å². The van der Waals surface area contributed by atoms with Gasteiger partial charge in [0.1, 0.15) is 5.82 Å². The second kappa shape index (κ2) is 5.19. The fourth-order valence-corrected chi connectivity index (χ4v) is 3.58. The van der Waals surface area contributed by atoms with Gasteiger partial charge in [-0.2, -0.15) is 0 Å². The monoisotopic (exact) mass is 296 g/mol. The van der Waals surface area contributed by atoms with Crippen LogP contribution in [0, 0.1) is 0 Å². The molecule has 0 amide bonds. The van der Waals surface area contributed by atoms with Crippen LogP contribution in [0.5, 0.6) is 0 Å². The molecule has 0 aliphatic heterocycles. The number of fused-ring (bicyclic) bond motifs is 2. The molecule has 0 unspecified atom stereocenters. The number of rotatable bonds is 2. The van der Waals surface area contributed by atoms with E-state index < -0.39 is 0 Å². The van der Waals surface area contributed by atoms with Crippen LogP contribution < -0.4 is 0 Å². The third kappa shape index (κ3) is 2.06. The van der Waals surface area contributed by atoms with Crippen molar-refractivity contribution in [2.75, 3.05) is 0 Å². The summed E-state index contributed by atoms with van der Waals surface area (Å²) in [5.74, 6) is 1.36. The van der Waals surface area contributed by atoms with E-state index in [-0.39, 0.29) is 0 Å². The van der Waals surface area contributed by atoms with Crippen molar-refractivity contribution in [3.8, 4) is 5.69 Å². The zero-order chi connectivity index (χ0) is 14.2. The Bertz CT molecular complexity index is 804. The lowest BCUT2D eigenvalue weighted by Gasteiger charge is -2.21. The Morgan fingerprint density at radius 2 is 1.86 bits per heavy atom. The number of halogens is 1. The molecule has 0 saturated carbocycles. The van der Waals surface area contributed by atoms with Crippen LogP contribution in [0.1, 0.15) is 29.8 Å². The second-order valence-corrected chi connectivity index (χ2v) is 5.87. The van der Waals surface area contributed by atoms with E-state index >= 15 is 0 Å². The van der Waals surface area contributed by atoms with E-state index in [4.69, 9.17) is 11.6 Å². The van der Waals surface area contributed by atoms with Crippen LogP contribution >= 0.6 is 11.6 Å². The molecule has 4 rings (SSSR count). The summed E-state index contributed by atoms with van der Waals surface area (Å²) in [6.07, 6.45) is 4.90. The normalized spacial score (nSPS) is 14.3. The maximum absolute atomic E-state index is 6.15. The lowest BCUT2D eigenvalue weighted by Crippen LogP contribution is -2.09. The van der Waals surface area contributed by atoms with Crippen LogP contribution in [0.15, 0.2) is 42.5 Å². The molecule has 0 radical (unpaired) electrons. The largest absolute Gasteiger partial charge is 0.295 e. The molecule has 2 aromatic carbocycles. The molecule has 3 aromatic rings. The number of benzene rings is 2. The summed E-state index contributed by atoms with van der Waals surface area (Å²) in [6.45, 7) is 0. The maximum Gasteiger partial charge on any atom is 0.129 e. The lowest BCUT2D eigenvalue weighted by atomic mass is 9.90. The van der Waals surface area contributed by atoms with Crippen molar-refractivity contribution in [3.05, 3.63) is 59.4 Å². The van der Waals surface area contributed by atoms with E-state index in [1.54, 1.807) is 0 Å². The number of aryl methyl sites for hydroxylation is 1. The average molecular weight is 297 g/mol. The van der Waals surface area contributed by atoms with Gasteiger partial charge in [-0.05, 0) is 55.0 Å². The molecule has 1 aliphatic carbocycles. The number of nitrogens with zero attached hydrogens (tertiary/aromatic N) is 2. The third-order valence-corrected chi connectivity index (χ3v) is 4.60. The van der Waals surface area contributed by atoms with Gasteiger partial charge in [0.25, 0.3) is 0 Å². The minimum Gasteiger partial charge on any atom is -0.295 e. The zero-order valence-electron chi connectivity index (χ0n) is 11.8. The first kappa shape index (κ1) is 12.9. The summed E-state index contributed by atoms with van der Waals surface area (Å²) >= 11 is 6.15. The number of alkyl halides is 1. The van der Waals surface area contributed by atoms with Gasteiger partial charge in [-0.25, -0.2) is 4.98 Å². The molecule has 0 fully saturated rings. The van der Waals surface area contributed by atoms with Gasteiger partial charge in [0.05, 0.1) is 22.6 Å². The lowest BCUT2D eigenvalue weighted by molar-refractivity contribution is 0.681. The van der Waals surface area contributed by atoms with Gasteiger partial charge < -0.3 is 0 Å². The van der Waals surface area contributed by atoms with E-state index in [1.165, 1.54) is 36.1 Å². The third-order valence-electron chi connectivity index (χ3n) is 4.36. The molecule has 0 saturated heterocycles. The van der Waals surface area contributed by atoms with Gasteiger partial charge in [-0.3, -0.25) is 4.57 Å². The predicted octanol–water partition coefficient (Wildman–Crippen LogP) is 4.64. The Labute approximate surface area is 129 Å². The Balaban J connectivity index is 2.02. The van der Waals surface area contributed by atoms with Crippen molar-refractivity contribution in [3.63, 3.8) is 0 Å². The smallest absolute Gasteiger partial charge is 0.129 e. The molecule has 106 valence electrons. The highest BCUT2D eigenvalue weighted by Crippen LogP contribution is 2.30. The van der Waals surface area contributed by atoms with Crippen LogP contribution in [0.25, 0.3) is 16.7 Å². The number of hydrogen-bond acceptors (Lipinski definition) is 1. The first-order chi connectivity index (χ1) is 10.4. The molecular weight excluding hydrogens is 280 g/mol. The molecule has 0 bridgehead atoms. The summed E-state index contributed by atoms with van der Waals surface area (Å²) in [4.78, 5) is 4.69. The van der Waals surface area contributed by atoms with Crippen LogP contribution in [-0.2, 0) is 18.7 Å². The van der Waals surface area contributed by atoms with E-state index in [1.807, 2.05) is 6.07 Å². The van der Waals surface area contributed by atoms with Crippen LogP contribution in [0.2, 0.25) is 0 Å². The minimum atomic E-state index is 0.429. The van der Waals surface area contributed by atoms with Gasteiger partial charge in [-0.1, -0.05) is 24.3 Å². The Morgan fingerprint density at radius 3 is 2.76 bits per heavy atom. The SMILES string of the molecule is ClCc1nc2ccccc2n1-c1cccc2c1CCCC2. The fraction of sp³-hybridized carbons (Fsp3) is 0.278. The van der Waals surface area contributed by atoms with E-state index in [0.29, 0.717) is 5.88 Å². The molecule has 1 aliphatic rings. The highest BCUT2D eigenvalue weighted by molar-refractivity contribution is 6.17. The fourth-order valence-electron chi connectivity index (χ4n) is 3.40. The minimum absolute atomic E-state index is 0.429. The van der Waals surface area contributed by atoms with E-state index in [9.17, 15) is 0 Å². The van der Waals surface area contributed by atoms with E-state index in [0.717, 1.165) is 23.3 Å². The average Bonchev–Trinajstić information content (AvgIpc) is 2.92. The first-order valence-corrected chi connectivity index (χ1v) is 8.05. The first-order valence-electron chi connectivity index (χ1n) is 7.52. The summed E-state index contributed by atoms with van der Waals surface area (Å²) in [7, 11) is 0. The Morgan fingerprint density at radius 1 is 1.00 bits per heavy atom. The molecule has 3 heteroatoms. The predicted molar refractivity (Wildman–Crippen MR) is 87.3 cm³/mol. The standard InChI is InChI=1S/C18H17ClN2/c19-12-18-20-15-9-3-4-10-17(15)21(18)16-11-5-7-13-6-1-2-8-14(13)16/h3-5,7,9-11H,1-2,6,8,12H2. The van der Waals surface area contributed by atoms with Crippen LogP contribution in [-0.4, -0.2) is 9.55 Å². The molecule has 0 spiro atoms. The summed E-state index contributed by atoms with van der Waals surface area (Å²) in [6, 6.07) is 14.9. The Kier molecular flexibility index (Phi) is 3.19. The summed E-state index contributed by atoms with van der Waals surface area (Å²) in [5, 5.41) is 0. The van der Waals surface area contributed by atoms with Gasteiger partial charge in [0.2, 0.25) is 0 Å². The highest BCUT2D eigenvalue weighted by atomic mass is 35.5. The molecule has 2 nitrogen and oxygen atoms in total. The molecule has 1 aromatic heterocycles. The summed E-state index contributed by atoms with van der Waals surface area (Å²) < 4.78 is 2.24. The number of imidazole rings is 1. The van der Waals surface area contributed by atoms with E-state index in [2.05, 4.69) is 45.9 Å². The molecule has 0 N–H and O–H groups in total. The van der Waals surface area contributed by atoms with Crippen LogP contribution in [0.3, 0.4) is 0 Å². The van der Waals surface area contributed by atoms with Gasteiger partial charge in [-0.15, -0.1) is 11.6 Å². The van der Waals surface area contributed by atoms with Gasteiger partial charge in [0.15, 0.2) is 0 Å². The quantitative estimate of drug-likeness (QED) is 0.630. The van der Waals surface area contributed by atoms with Crippen molar-refractivity contribution >= 4 is 22.6 Å². The molecule has 21 heavy (non-hydrogen) atoms. The number of para-hydroxylation sites is 2. The van der Waals surface area contributed by atoms with Crippen molar-refractivity contribution in [2.45, 2.75) is 31.6 Å². The van der Waals surface area contributed by atoms with Crippen LogP contribution in [0.4, 0.5) is 0 Å². The maximum atomic E-state index is 6.15. The second-order valence-electron chi connectivity index (χ2n) is 5.61.